The fraction of sp³-hybridized carbons (Fsp3) is 0.667. The second-order valence-electron chi connectivity index (χ2n) is 5.10. The van der Waals surface area contributed by atoms with Crippen molar-refractivity contribution in [2.45, 2.75) is 60.0 Å². The maximum atomic E-state index is 11.3. The highest BCUT2D eigenvalue weighted by Gasteiger charge is 2.00. The van der Waals surface area contributed by atoms with Crippen LogP contribution in [0.25, 0.3) is 0 Å². The van der Waals surface area contributed by atoms with E-state index in [4.69, 9.17) is 4.74 Å². The standard InChI is InChI=1S/C15H26O2/c1-12(2)9-7-6-8-10-14(5)11-15(16)17-13(3)4/h8,10-13H,6-7,9H2,1-5H3/b10-8+,14-11?. The summed E-state index contributed by atoms with van der Waals surface area (Å²) >= 11 is 0. The second-order valence-corrected chi connectivity index (χ2v) is 5.10. The van der Waals surface area contributed by atoms with Gasteiger partial charge < -0.3 is 4.74 Å². The first-order chi connectivity index (χ1) is 7.91. The first-order valence-corrected chi connectivity index (χ1v) is 6.47. The first kappa shape index (κ1) is 16.0. The summed E-state index contributed by atoms with van der Waals surface area (Å²) in [5, 5.41) is 0. The summed E-state index contributed by atoms with van der Waals surface area (Å²) in [6, 6.07) is 0. The van der Waals surface area contributed by atoms with Crippen molar-refractivity contribution in [1.82, 2.24) is 0 Å². The largest absolute Gasteiger partial charge is 0.460 e. The number of esters is 1. The van der Waals surface area contributed by atoms with Crippen molar-refractivity contribution in [2.24, 2.45) is 5.92 Å². The van der Waals surface area contributed by atoms with Gasteiger partial charge in [0, 0.05) is 6.08 Å². The molecule has 0 N–H and O–H groups in total. The highest BCUT2D eigenvalue weighted by molar-refractivity contribution is 5.83. The maximum Gasteiger partial charge on any atom is 0.331 e. The Bertz CT molecular complexity index is 273. The zero-order chi connectivity index (χ0) is 13.3. The molecule has 0 spiro atoms. The zero-order valence-corrected chi connectivity index (χ0v) is 11.8. The van der Waals surface area contributed by atoms with Crippen LogP contribution in [0.1, 0.15) is 53.9 Å². The molecule has 0 amide bonds. The van der Waals surface area contributed by atoms with Gasteiger partial charge in [0.25, 0.3) is 0 Å². The molecule has 0 saturated heterocycles. The molecule has 0 aromatic heterocycles. The Hall–Kier alpha value is -1.05. The van der Waals surface area contributed by atoms with E-state index in [0.29, 0.717) is 0 Å². The molecule has 0 aliphatic rings. The number of ether oxygens (including phenoxy) is 1. The van der Waals surface area contributed by atoms with E-state index < -0.39 is 0 Å². The van der Waals surface area contributed by atoms with Crippen molar-refractivity contribution < 1.29 is 9.53 Å². The van der Waals surface area contributed by atoms with Gasteiger partial charge in [-0.25, -0.2) is 4.79 Å². The predicted molar refractivity (Wildman–Crippen MR) is 72.8 cm³/mol. The molecule has 0 saturated carbocycles. The van der Waals surface area contributed by atoms with E-state index in [1.807, 2.05) is 26.8 Å². The lowest BCUT2D eigenvalue weighted by atomic mass is 10.1. The third-order valence-corrected chi connectivity index (χ3v) is 2.23. The van der Waals surface area contributed by atoms with Crippen molar-refractivity contribution >= 4 is 5.97 Å². The van der Waals surface area contributed by atoms with Gasteiger partial charge in [0.15, 0.2) is 0 Å². The molecule has 0 aliphatic heterocycles. The van der Waals surface area contributed by atoms with Gasteiger partial charge in [-0.2, -0.15) is 0 Å². The van der Waals surface area contributed by atoms with Crippen LogP contribution < -0.4 is 0 Å². The summed E-state index contributed by atoms with van der Waals surface area (Å²) in [5.74, 6) is 0.505. The molecule has 0 bridgehead atoms. The van der Waals surface area contributed by atoms with Crippen molar-refractivity contribution in [1.29, 1.82) is 0 Å². The number of hydrogen-bond donors (Lipinski definition) is 0. The lowest BCUT2D eigenvalue weighted by molar-refractivity contribution is -0.141. The Balaban J connectivity index is 3.90. The van der Waals surface area contributed by atoms with E-state index in [9.17, 15) is 4.79 Å². The van der Waals surface area contributed by atoms with Crippen LogP contribution in [0.4, 0.5) is 0 Å². The number of carbonyl (C=O) groups excluding carboxylic acids is 1. The van der Waals surface area contributed by atoms with E-state index in [1.54, 1.807) is 6.08 Å². The van der Waals surface area contributed by atoms with Crippen molar-refractivity contribution in [3.05, 3.63) is 23.8 Å². The fourth-order valence-electron chi connectivity index (χ4n) is 1.41. The molecule has 0 rings (SSSR count). The van der Waals surface area contributed by atoms with Gasteiger partial charge in [0.1, 0.15) is 0 Å². The van der Waals surface area contributed by atoms with Crippen LogP contribution >= 0.6 is 0 Å². The van der Waals surface area contributed by atoms with Gasteiger partial charge in [-0.1, -0.05) is 32.4 Å². The van der Waals surface area contributed by atoms with E-state index in [0.717, 1.165) is 17.9 Å². The van der Waals surface area contributed by atoms with Crippen LogP contribution in [0, 0.1) is 5.92 Å². The lowest BCUT2D eigenvalue weighted by Crippen LogP contribution is -2.08. The summed E-state index contributed by atoms with van der Waals surface area (Å²) in [5.41, 5.74) is 0.945. The molecule has 17 heavy (non-hydrogen) atoms. The minimum absolute atomic E-state index is 0.0541. The minimum Gasteiger partial charge on any atom is -0.460 e. The number of rotatable bonds is 7. The van der Waals surface area contributed by atoms with E-state index >= 15 is 0 Å². The Labute approximate surface area is 106 Å². The van der Waals surface area contributed by atoms with Crippen LogP contribution in [0.2, 0.25) is 0 Å². The first-order valence-electron chi connectivity index (χ1n) is 6.47. The lowest BCUT2D eigenvalue weighted by Gasteiger charge is -2.04. The average molecular weight is 238 g/mol. The summed E-state index contributed by atoms with van der Waals surface area (Å²) in [4.78, 5) is 11.3. The number of hydrogen-bond acceptors (Lipinski definition) is 2. The Morgan fingerprint density at radius 2 is 1.88 bits per heavy atom. The topological polar surface area (TPSA) is 26.3 Å². The SMILES string of the molecule is CC(=CC(=O)OC(C)C)/C=C/CCCC(C)C. The molecule has 0 radical (unpaired) electrons. The molecule has 2 nitrogen and oxygen atoms in total. The maximum absolute atomic E-state index is 11.3. The van der Waals surface area contributed by atoms with Crippen LogP contribution in [0.5, 0.6) is 0 Å². The summed E-state index contributed by atoms with van der Waals surface area (Å²) in [6.07, 6.45) is 9.13. The highest BCUT2D eigenvalue weighted by atomic mass is 16.5. The van der Waals surface area contributed by atoms with Gasteiger partial charge in [0.05, 0.1) is 6.10 Å². The van der Waals surface area contributed by atoms with Crippen LogP contribution in [-0.4, -0.2) is 12.1 Å². The monoisotopic (exact) mass is 238 g/mol. The van der Waals surface area contributed by atoms with E-state index in [-0.39, 0.29) is 12.1 Å². The molecule has 0 unspecified atom stereocenters. The van der Waals surface area contributed by atoms with Crippen molar-refractivity contribution in [3.8, 4) is 0 Å². The molecule has 0 aliphatic carbocycles. The number of carbonyl (C=O) groups is 1. The van der Waals surface area contributed by atoms with Gasteiger partial charge in [0.2, 0.25) is 0 Å². The van der Waals surface area contributed by atoms with E-state index in [1.165, 1.54) is 12.8 Å². The number of unbranched alkanes of at least 4 members (excludes halogenated alkanes) is 1. The van der Waals surface area contributed by atoms with Gasteiger partial charge >= 0.3 is 5.97 Å². The number of allylic oxidation sites excluding steroid dienone is 3. The third-order valence-electron chi connectivity index (χ3n) is 2.23. The Morgan fingerprint density at radius 1 is 1.24 bits per heavy atom. The van der Waals surface area contributed by atoms with Crippen molar-refractivity contribution in [3.63, 3.8) is 0 Å². The molecule has 0 aromatic rings. The third kappa shape index (κ3) is 11.2. The molecular weight excluding hydrogens is 212 g/mol. The summed E-state index contributed by atoms with van der Waals surface area (Å²) in [7, 11) is 0. The molecular formula is C15H26O2. The Morgan fingerprint density at radius 3 is 2.41 bits per heavy atom. The molecule has 0 heterocycles. The van der Waals surface area contributed by atoms with E-state index in [2.05, 4.69) is 19.9 Å². The quantitative estimate of drug-likeness (QED) is 0.286. The molecule has 2 heteroatoms. The van der Waals surface area contributed by atoms with Gasteiger partial charge in [-0.3, -0.25) is 0 Å². The Kier molecular flexibility index (Phi) is 8.47. The van der Waals surface area contributed by atoms with Crippen LogP contribution in [0.15, 0.2) is 23.8 Å². The zero-order valence-electron chi connectivity index (χ0n) is 11.8. The second kappa shape index (κ2) is 9.03. The normalized spacial score (nSPS) is 12.8. The average Bonchev–Trinajstić information content (AvgIpc) is 2.14. The van der Waals surface area contributed by atoms with Gasteiger partial charge in [-0.15, -0.1) is 0 Å². The van der Waals surface area contributed by atoms with Crippen LogP contribution in [-0.2, 0) is 9.53 Å². The summed E-state index contributed by atoms with van der Waals surface area (Å²) in [6.45, 7) is 10.1. The molecule has 0 aromatic carbocycles. The predicted octanol–water partition coefficient (Wildman–Crippen LogP) is 4.27. The van der Waals surface area contributed by atoms with Crippen molar-refractivity contribution in [2.75, 3.05) is 0 Å². The minimum atomic E-state index is -0.260. The molecule has 0 atom stereocenters. The molecule has 0 fully saturated rings. The molecule has 98 valence electrons. The summed E-state index contributed by atoms with van der Waals surface area (Å²) < 4.78 is 5.03. The smallest absolute Gasteiger partial charge is 0.331 e. The van der Waals surface area contributed by atoms with Crippen LogP contribution in [0.3, 0.4) is 0 Å². The fourth-order valence-corrected chi connectivity index (χ4v) is 1.41. The van der Waals surface area contributed by atoms with Gasteiger partial charge in [-0.05, 0) is 45.1 Å². The highest BCUT2D eigenvalue weighted by Crippen LogP contribution is 2.07.